The lowest BCUT2D eigenvalue weighted by Gasteiger charge is -2.23. The van der Waals surface area contributed by atoms with Gasteiger partial charge >= 0.3 is 0 Å². The third kappa shape index (κ3) is 4.53. The zero-order valence-corrected chi connectivity index (χ0v) is 15.8. The van der Waals surface area contributed by atoms with Crippen molar-refractivity contribution in [3.05, 3.63) is 77.4 Å². The van der Waals surface area contributed by atoms with Gasteiger partial charge in [-0.15, -0.1) is 0 Å². The zero-order valence-electron chi connectivity index (χ0n) is 15.8. The van der Waals surface area contributed by atoms with Gasteiger partial charge in [0.05, 0.1) is 5.69 Å². The minimum atomic E-state index is -0.0890. The third-order valence-electron chi connectivity index (χ3n) is 4.40. The molecule has 0 fully saturated rings. The van der Waals surface area contributed by atoms with E-state index in [9.17, 15) is 9.90 Å². The first-order valence-corrected chi connectivity index (χ1v) is 8.94. The second-order valence-corrected chi connectivity index (χ2v) is 6.92. The Balaban J connectivity index is 1.90. The first-order valence-electron chi connectivity index (χ1n) is 8.94. The molecule has 1 aromatic carbocycles. The number of rotatable bonds is 6. The highest BCUT2D eigenvalue weighted by Crippen LogP contribution is 2.19. The molecule has 27 heavy (non-hydrogen) atoms. The summed E-state index contributed by atoms with van der Waals surface area (Å²) >= 11 is 0. The summed E-state index contributed by atoms with van der Waals surface area (Å²) in [6.07, 6.45) is 3.48. The number of aromatic nitrogens is 3. The first-order chi connectivity index (χ1) is 12.9. The van der Waals surface area contributed by atoms with Crippen LogP contribution in [-0.4, -0.2) is 30.7 Å². The van der Waals surface area contributed by atoms with Crippen LogP contribution in [0.15, 0.2) is 54.9 Å². The summed E-state index contributed by atoms with van der Waals surface area (Å²) in [5.41, 5.74) is 3.35. The van der Waals surface area contributed by atoms with Crippen molar-refractivity contribution < 1.29 is 9.90 Å². The average Bonchev–Trinajstić information content (AvgIpc) is 3.05. The summed E-state index contributed by atoms with van der Waals surface area (Å²) in [7, 11) is 1.79. The van der Waals surface area contributed by atoms with Gasteiger partial charge in [0.1, 0.15) is 11.4 Å². The average molecular weight is 364 g/mol. The van der Waals surface area contributed by atoms with Gasteiger partial charge in [-0.2, -0.15) is 5.10 Å². The molecule has 0 saturated carbocycles. The van der Waals surface area contributed by atoms with Crippen LogP contribution in [0.4, 0.5) is 0 Å². The number of amides is 1. The molecule has 0 unspecified atom stereocenters. The minimum Gasteiger partial charge on any atom is -0.508 e. The molecule has 6 heteroatoms. The van der Waals surface area contributed by atoms with Crippen LogP contribution in [0.2, 0.25) is 0 Å². The van der Waals surface area contributed by atoms with Crippen LogP contribution < -0.4 is 0 Å². The van der Waals surface area contributed by atoms with Crippen molar-refractivity contribution >= 4 is 5.91 Å². The Morgan fingerprint density at radius 2 is 1.85 bits per heavy atom. The van der Waals surface area contributed by atoms with Crippen molar-refractivity contribution in [1.29, 1.82) is 0 Å². The number of benzene rings is 1. The van der Waals surface area contributed by atoms with Crippen LogP contribution in [0.3, 0.4) is 0 Å². The number of phenols is 1. The molecule has 0 bridgehead atoms. The van der Waals surface area contributed by atoms with E-state index in [1.54, 1.807) is 41.2 Å². The minimum absolute atomic E-state index is 0.0890. The van der Waals surface area contributed by atoms with Gasteiger partial charge in [0.25, 0.3) is 5.91 Å². The molecule has 2 aromatic heterocycles. The molecule has 6 nitrogen and oxygen atoms in total. The predicted molar refractivity (Wildman–Crippen MR) is 103 cm³/mol. The Kier molecular flexibility index (Phi) is 5.54. The summed E-state index contributed by atoms with van der Waals surface area (Å²) in [6.45, 7) is 4.98. The Bertz CT molecular complexity index is 902. The number of hydrogen-bond acceptors (Lipinski definition) is 4. The summed E-state index contributed by atoms with van der Waals surface area (Å²) in [5.74, 6) is 0.368. The van der Waals surface area contributed by atoms with Gasteiger partial charge in [-0.1, -0.05) is 32.0 Å². The van der Waals surface area contributed by atoms with E-state index in [2.05, 4.69) is 23.9 Å². The van der Waals surface area contributed by atoms with Gasteiger partial charge in [-0.25, -0.2) is 0 Å². The van der Waals surface area contributed by atoms with E-state index in [0.29, 0.717) is 18.8 Å². The lowest BCUT2D eigenvalue weighted by atomic mass is 10.1. The topological polar surface area (TPSA) is 71.2 Å². The Morgan fingerprint density at radius 3 is 2.44 bits per heavy atom. The maximum absolute atomic E-state index is 13.3. The van der Waals surface area contributed by atoms with Gasteiger partial charge in [-0.3, -0.25) is 14.5 Å². The number of nitrogens with zero attached hydrogens (tertiary/aromatic N) is 4. The molecule has 1 amide bonds. The molecule has 2 heterocycles. The fourth-order valence-electron chi connectivity index (χ4n) is 2.87. The Morgan fingerprint density at radius 1 is 1.15 bits per heavy atom. The maximum atomic E-state index is 13.3. The summed E-state index contributed by atoms with van der Waals surface area (Å²) in [4.78, 5) is 19.2. The van der Waals surface area contributed by atoms with Crippen molar-refractivity contribution in [2.75, 3.05) is 0 Å². The van der Waals surface area contributed by atoms with Gasteiger partial charge < -0.3 is 10.0 Å². The third-order valence-corrected chi connectivity index (χ3v) is 4.40. The Labute approximate surface area is 159 Å². The lowest BCUT2D eigenvalue weighted by molar-refractivity contribution is 0.0718. The van der Waals surface area contributed by atoms with Crippen LogP contribution in [0.25, 0.3) is 0 Å². The fraction of sp³-hybridized carbons (Fsp3) is 0.286. The summed E-state index contributed by atoms with van der Waals surface area (Å²) in [5, 5.41) is 14.0. The molecule has 0 atom stereocenters. The fourth-order valence-corrected chi connectivity index (χ4v) is 2.87. The largest absolute Gasteiger partial charge is 0.508 e. The highest BCUT2D eigenvalue weighted by molar-refractivity contribution is 5.92. The van der Waals surface area contributed by atoms with Crippen LogP contribution in [0.1, 0.15) is 47.1 Å². The van der Waals surface area contributed by atoms with E-state index in [4.69, 9.17) is 0 Å². The molecule has 0 spiro atoms. The molecule has 0 aliphatic carbocycles. The van der Waals surface area contributed by atoms with Crippen LogP contribution >= 0.6 is 0 Å². The molecule has 0 aliphatic rings. The van der Waals surface area contributed by atoms with Crippen molar-refractivity contribution in [3.8, 4) is 5.75 Å². The van der Waals surface area contributed by atoms with E-state index in [1.807, 2.05) is 30.3 Å². The molecule has 0 aliphatic heterocycles. The van der Waals surface area contributed by atoms with Gasteiger partial charge in [-0.05, 0) is 41.3 Å². The van der Waals surface area contributed by atoms with Gasteiger partial charge in [0.15, 0.2) is 0 Å². The second-order valence-electron chi connectivity index (χ2n) is 6.92. The van der Waals surface area contributed by atoms with Gasteiger partial charge in [0, 0.05) is 32.5 Å². The van der Waals surface area contributed by atoms with Crippen molar-refractivity contribution in [2.24, 2.45) is 7.05 Å². The van der Waals surface area contributed by atoms with E-state index < -0.39 is 0 Å². The number of carbonyl (C=O) groups excluding carboxylic acids is 1. The quantitative estimate of drug-likeness (QED) is 0.727. The van der Waals surface area contributed by atoms with Gasteiger partial charge in [0.2, 0.25) is 0 Å². The molecule has 3 aromatic rings. The molecule has 140 valence electrons. The Hall–Kier alpha value is -3.15. The van der Waals surface area contributed by atoms with Crippen molar-refractivity contribution in [1.82, 2.24) is 19.7 Å². The zero-order chi connectivity index (χ0) is 19.4. The number of aryl methyl sites for hydroxylation is 1. The van der Waals surface area contributed by atoms with Crippen LogP contribution in [-0.2, 0) is 20.1 Å². The maximum Gasteiger partial charge on any atom is 0.272 e. The lowest BCUT2D eigenvalue weighted by Crippen LogP contribution is -2.31. The molecule has 3 rings (SSSR count). The van der Waals surface area contributed by atoms with E-state index in [0.717, 1.165) is 16.8 Å². The number of pyridine rings is 1. The number of carbonyl (C=O) groups is 1. The van der Waals surface area contributed by atoms with Crippen molar-refractivity contribution in [2.45, 2.75) is 32.9 Å². The highest BCUT2D eigenvalue weighted by Gasteiger charge is 2.22. The SMILES string of the molecule is CC(C)c1cc(C(=O)N(Cc2ccc(O)cc2)Cc2cccnc2)n(C)n1. The van der Waals surface area contributed by atoms with E-state index in [1.165, 1.54) is 0 Å². The molecular weight excluding hydrogens is 340 g/mol. The van der Waals surface area contributed by atoms with Crippen molar-refractivity contribution in [3.63, 3.8) is 0 Å². The number of hydrogen-bond donors (Lipinski definition) is 1. The van der Waals surface area contributed by atoms with Crippen LogP contribution in [0, 0.1) is 0 Å². The molecular formula is C21H24N4O2. The van der Waals surface area contributed by atoms with E-state index >= 15 is 0 Å². The first kappa shape index (κ1) is 18.6. The predicted octanol–water partition coefficient (Wildman–Crippen LogP) is 3.49. The smallest absolute Gasteiger partial charge is 0.272 e. The molecule has 1 N–H and O–H groups in total. The molecule has 0 radical (unpaired) electrons. The number of aromatic hydroxyl groups is 1. The molecule has 0 saturated heterocycles. The van der Waals surface area contributed by atoms with E-state index in [-0.39, 0.29) is 17.6 Å². The second kappa shape index (κ2) is 8.03. The standard InChI is InChI=1S/C21H24N4O2/c1-15(2)19-11-20(24(3)23-19)21(27)25(14-17-5-4-10-22-12-17)13-16-6-8-18(26)9-7-16/h4-12,15,26H,13-14H2,1-3H3. The number of phenolic OH excluding ortho intramolecular Hbond substituents is 1. The van der Waals surface area contributed by atoms with Crippen LogP contribution in [0.5, 0.6) is 5.75 Å². The highest BCUT2D eigenvalue weighted by atomic mass is 16.3. The summed E-state index contributed by atoms with van der Waals surface area (Å²) < 4.78 is 1.64. The summed E-state index contributed by atoms with van der Waals surface area (Å²) in [6, 6.07) is 12.6. The monoisotopic (exact) mass is 364 g/mol. The normalized spacial score (nSPS) is 11.0.